The summed E-state index contributed by atoms with van der Waals surface area (Å²) >= 11 is 6.34. The van der Waals surface area contributed by atoms with Crippen molar-refractivity contribution in [3.8, 4) is 0 Å². The van der Waals surface area contributed by atoms with Gasteiger partial charge in [-0.25, -0.2) is 0 Å². The lowest BCUT2D eigenvalue weighted by atomic mass is 9.73. The predicted molar refractivity (Wildman–Crippen MR) is 60.2 cm³/mol. The van der Waals surface area contributed by atoms with Gasteiger partial charge >= 0.3 is 0 Å². The van der Waals surface area contributed by atoms with Crippen LogP contribution in [0.25, 0.3) is 0 Å². The molecule has 1 fully saturated rings. The van der Waals surface area contributed by atoms with Gasteiger partial charge in [-0.3, -0.25) is 0 Å². The summed E-state index contributed by atoms with van der Waals surface area (Å²) in [7, 11) is 0. The van der Waals surface area contributed by atoms with Crippen LogP contribution in [0.1, 0.15) is 53.4 Å². The molecule has 78 valence electrons. The molecule has 0 aromatic carbocycles. The van der Waals surface area contributed by atoms with Gasteiger partial charge in [-0.1, -0.05) is 13.8 Å². The van der Waals surface area contributed by atoms with Gasteiger partial charge in [0, 0.05) is 4.87 Å². The third-order valence-corrected chi connectivity index (χ3v) is 3.99. The Morgan fingerprint density at radius 2 is 1.54 bits per heavy atom. The number of hydrogen-bond donors (Lipinski definition) is 0. The predicted octanol–water partition coefficient (Wildman–Crippen LogP) is 4.47. The zero-order valence-corrected chi connectivity index (χ0v) is 10.2. The zero-order valence-electron chi connectivity index (χ0n) is 9.44. The highest BCUT2D eigenvalue weighted by Crippen LogP contribution is 2.40. The second-order valence-corrected chi connectivity index (χ2v) is 6.39. The van der Waals surface area contributed by atoms with Gasteiger partial charge in [0.05, 0.1) is 0 Å². The Hall–Kier alpha value is 0.290. The molecule has 13 heavy (non-hydrogen) atoms. The minimum atomic E-state index is 0.0158. The first-order valence-corrected chi connectivity index (χ1v) is 5.98. The standard InChI is InChI=1S/C12H23Cl/c1-9(2)10-5-7-11(8-6-10)12(3,4)13/h9-11H,5-8H2,1-4H3. The maximum absolute atomic E-state index is 6.34. The van der Waals surface area contributed by atoms with E-state index in [2.05, 4.69) is 27.7 Å². The fraction of sp³-hybridized carbons (Fsp3) is 1.00. The zero-order chi connectivity index (χ0) is 10.1. The molecule has 0 bridgehead atoms. The Morgan fingerprint density at radius 3 is 1.85 bits per heavy atom. The number of rotatable bonds is 2. The van der Waals surface area contributed by atoms with Crippen LogP contribution >= 0.6 is 11.6 Å². The third kappa shape index (κ3) is 3.16. The largest absolute Gasteiger partial charge is 0.120 e. The van der Waals surface area contributed by atoms with Gasteiger partial charge in [-0.05, 0) is 57.3 Å². The summed E-state index contributed by atoms with van der Waals surface area (Å²) in [5.41, 5.74) is 0. The van der Waals surface area contributed by atoms with Crippen molar-refractivity contribution in [3.05, 3.63) is 0 Å². The highest BCUT2D eigenvalue weighted by atomic mass is 35.5. The molecule has 1 saturated carbocycles. The Kier molecular flexibility index (Phi) is 3.68. The molecule has 0 atom stereocenters. The van der Waals surface area contributed by atoms with Gasteiger partial charge in [-0.2, -0.15) is 0 Å². The van der Waals surface area contributed by atoms with E-state index in [0.717, 1.165) is 17.8 Å². The fourth-order valence-corrected chi connectivity index (χ4v) is 2.69. The summed E-state index contributed by atoms with van der Waals surface area (Å²) in [6.07, 6.45) is 5.44. The molecule has 0 nitrogen and oxygen atoms in total. The molecule has 0 unspecified atom stereocenters. The molecular weight excluding hydrogens is 180 g/mol. The molecular formula is C12H23Cl. The first kappa shape index (κ1) is 11.4. The quantitative estimate of drug-likeness (QED) is 0.580. The highest BCUT2D eigenvalue weighted by molar-refractivity contribution is 6.23. The molecule has 1 heteroatoms. The van der Waals surface area contributed by atoms with E-state index in [-0.39, 0.29) is 4.87 Å². The lowest BCUT2D eigenvalue weighted by molar-refractivity contribution is 0.199. The molecule has 0 radical (unpaired) electrons. The molecule has 1 aliphatic rings. The minimum absolute atomic E-state index is 0.0158. The molecule has 0 aromatic heterocycles. The van der Waals surface area contributed by atoms with Crippen molar-refractivity contribution in [2.45, 2.75) is 58.3 Å². The van der Waals surface area contributed by atoms with Gasteiger partial charge in [0.2, 0.25) is 0 Å². The molecule has 0 amide bonds. The van der Waals surface area contributed by atoms with Crippen molar-refractivity contribution in [3.63, 3.8) is 0 Å². The minimum Gasteiger partial charge on any atom is -0.120 e. The van der Waals surface area contributed by atoms with Gasteiger partial charge < -0.3 is 0 Å². The summed E-state index contributed by atoms with van der Waals surface area (Å²) in [6.45, 7) is 9.01. The Bertz CT molecular complexity index is 147. The summed E-state index contributed by atoms with van der Waals surface area (Å²) < 4.78 is 0. The molecule has 0 saturated heterocycles. The van der Waals surface area contributed by atoms with E-state index in [9.17, 15) is 0 Å². The molecule has 0 spiro atoms. The monoisotopic (exact) mass is 202 g/mol. The fourth-order valence-electron chi connectivity index (χ4n) is 2.47. The van der Waals surface area contributed by atoms with Crippen LogP contribution in [0.5, 0.6) is 0 Å². The molecule has 0 aromatic rings. The van der Waals surface area contributed by atoms with E-state index in [4.69, 9.17) is 11.6 Å². The van der Waals surface area contributed by atoms with Crippen molar-refractivity contribution in [1.29, 1.82) is 0 Å². The van der Waals surface area contributed by atoms with Crippen molar-refractivity contribution in [2.75, 3.05) is 0 Å². The van der Waals surface area contributed by atoms with Gasteiger partial charge in [0.1, 0.15) is 0 Å². The molecule has 0 heterocycles. The average Bonchev–Trinajstić information content (AvgIpc) is 2.03. The second kappa shape index (κ2) is 4.21. The highest BCUT2D eigenvalue weighted by Gasteiger charge is 2.31. The van der Waals surface area contributed by atoms with Gasteiger partial charge in [-0.15, -0.1) is 11.6 Å². The lowest BCUT2D eigenvalue weighted by Crippen LogP contribution is -2.30. The first-order valence-electron chi connectivity index (χ1n) is 5.60. The van der Waals surface area contributed by atoms with Crippen molar-refractivity contribution in [1.82, 2.24) is 0 Å². The maximum Gasteiger partial charge on any atom is 0.0418 e. The van der Waals surface area contributed by atoms with E-state index in [1.807, 2.05) is 0 Å². The molecule has 1 aliphatic carbocycles. The number of alkyl halides is 1. The van der Waals surface area contributed by atoms with Crippen molar-refractivity contribution in [2.24, 2.45) is 17.8 Å². The Morgan fingerprint density at radius 1 is 1.08 bits per heavy atom. The Labute approximate surface area is 88.1 Å². The number of hydrogen-bond acceptors (Lipinski definition) is 0. The van der Waals surface area contributed by atoms with E-state index < -0.39 is 0 Å². The second-order valence-electron chi connectivity index (χ2n) is 5.42. The van der Waals surface area contributed by atoms with E-state index in [1.54, 1.807) is 0 Å². The maximum atomic E-state index is 6.34. The van der Waals surface area contributed by atoms with Crippen LogP contribution in [0.3, 0.4) is 0 Å². The van der Waals surface area contributed by atoms with E-state index >= 15 is 0 Å². The summed E-state index contributed by atoms with van der Waals surface area (Å²) in [5, 5.41) is 0. The molecule has 0 aliphatic heterocycles. The number of halogens is 1. The van der Waals surface area contributed by atoms with Crippen LogP contribution in [-0.4, -0.2) is 4.87 Å². The molecule has 0 N–H and O–H groups in total. The lowest BCUT2D eigenvalue weighted by Gasteiger charge is -2.36. The van der Waals surface area contributed by atoms with Crippen molar-refractivity contribution >= 4 is 11.6 Å². The van der Waals surface area contributed by atoms with Crippen LogP contribution in [0.15, 0.2) is 0 Å². The summed E-state index contributed by atoms with van der Waals surface area (Å²) in [6, 6.07) is 0. The van der Waals surface area contributed by atoms with Crippen LogP contribution < -0.4 is 0 Å². The van der Waals surface area contributed by atoms with Crippen LogP contribution in [0, 0.1) is 17.8 Å². The van der Waals surface area contributed by atoms with Crippen LogP contribution in [0.2, 0.25) is 0 Å². The van der Waals surface area contributed by atoms with Crippen LogP contribution in [0.4, 0.5) is 0 Å². The van der Waals surface area contributed by atoms with Crippen LogP contribution in [-0.2, 0) is 0 Å². The summed E-state index contributed by atoms with van der Waals surface area (Å²) in [5.74, 6) is 2.55. The smallest absolute Gasteiger partial charge is 0.0418 e. The topological polar surface area (TPSA) is 0 Å². The van der Waals surface area contributed by atoms with Gasteiger partial charge in [0.15, 0.2) is 0 Å². The normalized spacial score (nSPS) is 30.9. The first-order chi connectivity index (χ1) is 5.91. The SMILES string of the molecule is CC(C)C1CCC(C(C)(C)Cl)CC1. The van der Waals surface area contributed by atoms with E-state index in [1.165, 1.54) is 25.7 Å². The summed E-state index contributed by atoms with van der Waals surface area (Å²) in [4.78, 5) is 0.0158. The third-order valence-electron chi connectivity index (χ3n) is 3.69. The average molecular weight is 203 g/mol. The van der Waals surface area contributed by atoms with Crippen molar-refractivity contribution < 1.29 is 0 Å². The Balaban J connectivity index is 2.39. The van der Waals surface area contributed by atoms with Gasteiger partial charge in [0.25, 0.3) is 0 Å². The van der Waals surface area contributed by atoms with E-state index in [0.29, 0.717) is 0 Å². The molecule has 1 rings (SSSR count).